The molecule has 3 aromatic rings. The first-order valence-electron chi connectivity index (χ1n) is 6.57. The van der Waals surface area contributed by atoms with Crippen molar-refractivity contribution in [2.75, 3.05) is 11.1 Å². The van der Waals surface area contributed by atoms with Crippen LogP contribution in [-0.4, -0.2) is 10.9 Å². The molecule has 3 rings (SSSR count). The number of hydrogen-bond donors (Lipinski definition) is 2. The van der Waals surface area contributed by atoms with Crippen molar-refractivity contribution >= 4 is 38.7 Å². The summed E-state index contributed by atoms with van der Waals surface area (Å²) in [5, 5.41) is 3.81. The number of pyridine rings is 1. The van der Waals surface area contributed by atoms with Crippen LogP contribution in [0, 0.1) is 13.8 Å². The molecule has 0 radical (unpaired) electrons. The third-order valence-electron chi connectivity index (χ3n) is 3.44. The zero-order valence-electron chi connectivity index (χ0n) is 11.8. The fourth-order valence-electron chi connectivity index (χ4n) is 2.22. The normalized spacial score (nSPS) is 10.8. The predicted octanol–water partition coefficient (Wildman–Crippen LogP) is 3.75. The maximum atomic E-state index is 12.5. The van der Waals surface area contributed by atoms with Gasteiger partial charge in [-0.3, -0.25) is 9.78 Å². The highest BCUT2D eigenvalue weighted by molar-refractivity contribution is 7.21. The molecule has 1 aromatic carbocycles. The van der Waals surface area contributed by atoms with E-state index in [1.54, 1.807) is 12.4 Å². The largest absolute Gasteiger partial charge is 0.397 e. The quantitative estimate of drug-likeness (QED) is 0.757. The number of hydrogen-bond acceptors (Lipinski definition) is 4. The topological polar surface area (TPSA) is 68.0 Å². The Kier molecular flexibility index (Phi) is 3.35. The Morgan fingerprint density at radius 1 is 1.24 bits per heavy atom. The van der Waals surface area contributed by atoms with Gasteiger partial charge >= 0.3 is 0 Å². The van der Waals surface area contributed by atoms with Crippen LogP contribution in [-0.2, 0) is 0 Å². The van der Waals surface area contributed by atoms with Crippen LogP contribution >= 0.6 is 11.3 Å². The van der Waals surface area contributed by atoms with Gasteiger partial charge in [-0.2, -0.15) is 0 Å². The second kappa shape index (κ2) is 5.18. The molecule has 21 heavy (non-hydrogen) atoms. The van der Waals surface area contributed by atoms with E-state index in [4.69, 9.17) is 5.73 Å². The van der Waals surface area contributed by atoms with Crippen molar-refractivity contribution in [3.63, 3.8) is 0 Å². The number of carbonyl (C=O) groups is 1. The lowest BCUT2D eigenvalue weighted by Crippen LogP contribution is -2.13. The predicted molar refractivity (Wildman–Crippen MR) is 87.9 cm³/mol. The number of benzene rings is 1. The number of nitrogen functional groups attached to an aromatic ring is 1. The number of amides is 1. The summed E-state index contributed by atoms with van der Waals surface area (Å²) in [7, 11) is 0. The standard InChI is InChI=1S/C16H15N3OS/c1-9-6-7-18-8-12(9)19-16(20)15-13(17)11-5-3-4-10(2)14(11)21-15/h3-8H,17H2,1-2H3,(H,19,20). The summed E-state index contributed by atoms with van der Waals surface area (Å²) in [5.74, 6) is -0.191. The van der Waals surface area contributed by atoms with E-state index in [0.717, 1.165) is 21.2 Å². The summed E-state index contributed by atoms with van der Waals surface area (Å²) in [6, 6.07) is 7.77. The van der Waals surface area contributed by atoms with Gasteiger partial charge in [0.25, 0.3) is 5.91 Å². The first-order valence-corrected chi connectivity index (χ1v) is 7.39. The number of rotatable bonds is 2. The van der Waals surface area contributed by atoms with E-state index in [1.807, 2.05) is 38.1 Å². The number of aryl methyl sites for hydroxylation is 2. The number of carbonyl (C=O) groups excluding carboxylic acids is 1. The van der Waals surface area contributed by atoms with E-state index in [0.29, 0.717) is 16.3 Å². The highest BCUT2D eigenvalue weighted by Crippen LogP contribution is 2.36. The van der Waals surface area contributed by atoms with Crippen LogP contribution in [0.15, 0.2) is 36.7 Å². The molecule has 3 N–H and O–H groups in total. The lowest BCUT2D eigenvalue weighted by Gasteiger charge is -2.06. The Morgan fingerprint density at radius 3 is 2.76 bits per heavy atom. The highest BCUT2D eigenvalue weighted by atomic mass is 32.1. The number of fused-ring (bicyclic) bond motifs is 1. The van der Waals surface area contributed by atoms with Gasteiger partial charge in [-0.05, 0) is 31.0 Å². The Morgan fingerprint density at radius 2 is 2.05 bits per heavy atom. The molecular weight excluding hydrogens is 282 g/mol. The Bertz CT molecular complexity index is 839. The maximum absolute atomic E-state index is 12.5. The van der Waals surface area contributed by atoms with Gasteiger partial charge in [0, 0.05) is 16.3 Å². The van der Waals surface area contributed by atoms with E-state index in [2.05, 4.69) is 10.3 Å². The minimum absolute atomic E-state index is 0.191. The smallest absolute Gasteiger partial charge is 0.267 e. The zero-order chi connectivity index (χ0) is 15.0. The molecule has 1 amide bonds. The molecule has 0 saturated carbocycles. The van der Waals surface area contributed by atoms with Crippen molar-refractivity contribution in [3.05, 3.63) is 52.7 Å². The SMILES string of the molecule is Cc1ccncc1NC(=O)c1sc2c(C)cccc2c1N. The minimum atomic E-state index is -0.191. The van der Waals surface area contributed by atoms with Crippen molar-refractivity contribution < 1.29 is 4.79 Å². The monoisotopic (exact) mass is 297 g/mol. The Labute approximate surface area is 126 Å². The van der Waals surface area contributed by atoms with E-state index < -0.39 is 0 Å². The molecule has 2 heterocycles. The lowest BCUT2D eigenvalue weighted by molar-refractivity contribution is 0.103. The fourth-order valence-corrected chi connectivity index (χ4v) is 3.31. The number of nitrogens with two attached hydrogens (primary N) is 1. The summed E-state index contributed by atoms with van der Waals surface area (Å²) in [6.07, 6.45) is 3.34. The molecule has 0 spiro atoms. The third-order valence-corrected chi connectivity index (χ3v) is 4.80. The van der Waals surface area contributed by atoms with Gasteiger partial charge in [0.1, 0.15) is 4.88 Å². The van der Waals surface area contributed by atoms with Crippen LogP contribution < -0.4 is 11.1 Å². The van der Waals surface area contributed by atoms with Crippen LogP contribution in [0.4, 0.5) is 11.4 Å². The molecule has 0 saturated heterocycles. The van der Waals surface area contributed by atoms with Crippen LogP contribution in [0.2, 0.25) is 0 Å². The second-order valence-corrected chi connectivity index (χ2v) is 5.96. The first-order chi connectivity index (χ1) is 10.1. The molecule has 106 valence electrons. The molecular formula is C16H15N3OS. The van der Waals surface area contributed by atoms with Crippen molar-refractivity contribution in [1.82, 2.24) is 4.98 Å². The lowest BCUT2D eigenvalue weighted by atomic mass is 10.1. The number of thiophene rings is 1. The molecule has 4 nitrogen and oxygen atoms in total. The molecule has 0 bridgehead atoms. The average Bonchev–Trinajstić information content (AvgIpc) is 2.81. The maximum Gasteiger partial charge on any atom is 0.267 e. The average molecular weight is 297 g/mol. The summed E-state index contributed by atoms with van der Waals surface area (Å²) < 4.78 is 1.06. The molecule has 5 heteroatoms. The number of aromatic nitrogens is 1. The van der Waals surface area contributed by atoms with Gasteiger partial charge < -0.3 is 11.1 Å². The van der Waals surface area contributed by atoms with Crippen LogP contribution in [0.1, 0.15) is 20.8 Å². The Hall–Kier alpha value is -2.40. The summed E-state index contributed by atoms with van der Waals surface area (Å²) in [4.78, 5) is 17.0. The van der Waals surface area contributed by atoms with Crippen molar-refractivity contribution in [2.45, 2.75) is 13.8 Å². The molecule has 0 aliphatic rings. The van der Waals surface area contributed by atoms with Crippen molar-refractivity contribution in [2.24, 2.45) is 0 Å². The van der Waals surface area contributed by atoms with Crippen molar-refractivity contribution in [3.8, 4) is 0 Å². The van der Waals surface area contributed by atoms with Crippen molar-refractivity contribution in [1.29, 1.82) is 0 Å². The molecule has 0 fully saturated rings. The van der Waals surface area contributed by atoms with Gasteiger partial charge in [0.2, 0.25) is 0 Å². The van der Waals surface area contributed by atoms with Crippen LogP contribution in [0.3, 0.4) is 0 Å². The van der Waals surface area contributed by atoms with Gasteiger partial charge in [-0.25, -0.2) is 0 Å². The first kappa shape index (κ1) is 13.6. The van der Waals surface area contributed by atoms with Crippen LogP contribution in [0.5, 0.6) is 0 Å². The third kappa shape index (κ3) is 2.36. The minimum Gasteiger partial charge on any atom is -0.397 e. The Balaban J connectivity index is 2.01. The molecule has 0 atom stereocenters. The number of nitrogens with one attached hydrogen (secondary N) is 1. The van der Waals surface area contributed by atoms with E-state index in [1.165, 1.54) is 11.3 Å². The van der Waals surface area contributed by atoms with Gasteiger partial charge in [0.05, 0.1) is 17.6 Å². The van der Waals surface area contributed by atoms with Crippen LogP contribution in [0.25, 0.3) is 10.1 Å². The van der Waals surface area contributed by atoms with Gasteiger partial charge in [0.15, 0.2) is 0 Å². The summed E-state index contributed by atoms with van der Waals surface area (Å²) >= 11 is 1.43. The summed E-state index contributed by atoms with van der Waals surface area (Å²) in [5.41, 5.74) is 9.47. The molecule has 0 unspecified atom stereocenters. The zero-order valence-corrected chi connectivity index (χ0v) is 12.6. The van der Waals surface area contributed by atoms with Gasteiger partial charge in [-0.1, -0.05) is 18.2 Å². The number of nitrogens with zero attached hydrogens (tertiary/aromatic N) is 1. The fraction of sp³-hybridized carbons (Fsp3) is 0.125. The highest BCUT2D eigenvalue weighted by Gasteiger charge is 2.17. The van der Waals surface area contributed by atoms with Gasteiger partial charge in [-0.15, -0.1) is 11.3 Å². The van der Waals surface area contributed by atoms with E-state index >= 15 is 0 Å². The van der Waals surface area contributed by atoms with E-state index in [9.17, 15) is 4.79 Å². The molecule has 0 aliphatic heterocycles. The van der Waals surface area contributed by atoms with E-state index in [-0.39, 0.29) is 5.91 Å². The summed E-state index contributed by atoms with van der Waals surface area (Å²) in [6.45, 7) is 3.95. The molecule has 0 aliphatic carbocycles. The number of anilines is 2. The molecule has 2 aromatic heterocycles. The second-order valence-electron chi connectivity index (χ2n) is 4.94.